The third kappa shape index (κ3) is 5.71. The van der Waals surface area contributed by atoms with Gasteiger partial charge < -0.3 is 15.3 Å². The first-order chi connectivity index (χ1) is 15.2. The monoisotopic (exact) mass is 475 g/mol. The van der Waals surface area contributed by atoms with E-state index in [-0.39, 0.29) is 36.7 Å². The van der Waals surface area contributed by atoms with Crippen LogP contribution in [0, 0.1) is 17.8 Å². The Hall–Kier alpha value is -2.07. The van der Waals surface area contributed by atoms with Crippen molar-refractivity contribution in [2.24, 2.45) is 5.92 Å². The number of carbonyl (C=O) groups is 2. The first-order valence-electron chi connectivity index (χ1n) is 11.7. The van der Waals surface area contributed by atoms with E-state index >= 15 is 0 Å². The van der Waals surface area contributed by atoms with Gasteiger partial charge in [0, 0.05) is 19.6 Å². The lowest BCUT2D eigenvalue weighted by molar-refractivity contribution is -0.164. The number of nitrogens with one attached hydrogen (secondary N) is 1. The Kier molecular flexibility index (Phi) is 9.37. The molecule has 2 fully saturated rings. The highest BCUT2D eigenvalue weighted by Gasteiger charge is 2.54. The number of likely N-dealkylation sites (tertiary alicyclic amines) is 1. The molecule has 7 heteroatoms. The van der Waals surface area contributed by atoms with Crippen molar-refractivity contribution in [3.05, 3.63) is 35.4 Å². The number of nitrogens with zero attached hydrogens (tertiary/aromatic N) is 2. The van der Waals surface area contributed by atoms with Crippen molar-refractivity contribution >= 4 is 24.2 Å². The van der Waals surface area contributed by atoms with E-state index in [1.54, 1.807) is 11.8 Å². The highest BCUT2D eigenvalue weighted by atomic mass is 35.5. The van der Waals surface area contributed by atoms with Crippen molar-refractivity contribution in [1.82, 2.24) is 15.1 Å². The average molecular weight is 476 g/mol. The van der Waals surface area contributed by atoms with Gasteiger partial charge in [-0.3, -0.25) is 14.5 Å². The molecule has 0 saturated carbocycles. The summed E-state index contributed by atoms with van der Waals surface area (Å²) < 4.78 is 0. The summed E-state index contributed by atoms with van der Waals surface area (Å²) in [6.45, 7) is 12.3. The predicted octanol–water partition coefficient (Wildman–Crippen LogP) is 2.93. The Balaban J connectivity index is 0.00000385. The van der Waals surface area contributed by atoms with Crippen molar-refractivity contribution in [2.45, 2.75) is 77.6 Å². The maximum Gasteiger partial charge on any atom is 0.249 e. The number of aliphatic hydroxyl groups is 1. The standard InChI is InChI=1S/C26H37N3O3.ClH/c1-6-7-14-29-24(31)22(23(30)19(4)5)27-25(32)26(29)12-15-28(16-13-26)17-20-8-10-21(11-9-20)18(2)3;/h8-11,18-19,22-23,30H,12-17H2,1-5H3,(H,27,32);1H. The van der Waals surface area contributed by atoms with Crippen LogP contribution in [-0.2, 0) is 16.1 Å². The Morgan fingerprint density at radius 2 is 1.73 bits per heavy atom. The number of carbonyl (C=O) groups excluding carboxylic acids is 2. The topological polar surface area (TPSA) is 72.9 Å². The molecule has 1 spiro atoms. The second-order valence-corrected chi connectivity index (χ2v) is 9.74. The molecule has 33 heavy (non-hydrogen) atoms. The minimum atomic E-state index is -0.921. The van der Waals surface area contributed by atoms with E-state index < -0.39 is 17.7 Å². The zero-order chi connectivity index (χ0) is 23.5. The Bertz CT molecular complexity index is 880. The molecule has 3 rings (SSSR count). The van der Waals surface area contributed by atoms with Crippen LogP contribution in [-0.4, -0.2) is 64.0 Å². The Labute approximate surface area is 204 Å². The average Bonchev–Trinajstić information content (AvgIpc) is 2.77. The highest BCUT2D eigenvalue weighted by Crippen LogP contribution is 2.34. The van der Waals surface area contributed by atoms with Gasteiger partial charge in [-0.2, -0.15) is 0 Å². The summed E-state index contributed by atoms with van der Waals surface area (Å²) >= 11 is 0. The van der Waals surface area contributed by atoms with Crippen LogP contribution in [0.2, 0.25) is 0 Å². The molecule has 2 amide bonds. The fourth-order valence-corrected chi connectivity index (χ4v) is 4.69. The zero-order valence-electron chi connectivity index (χ0n) is 20.4. The van der Waals surface area contributed by atoms with Crippen LogP contribution >= 0.6 is 12.4 Å². The first-order valence-corrected chi connectivity index (χ1v) is 11.7. The van der Waals surface area contributed by atoms with Gasteiger partial charge in [-0.1, -0.05) is 57.9 Å². The summed E-state index contributed by atoms with van der Waals surface area (Å²) in [7, 11) is 0. The lowest BCUT2D eigenvalue weighted by atomic mass is 9.80. The number of halogens is 1. The van der Waals surface area contributed by atoms with E-state index in [2.05, 4.69) is 60.2 Å². The lowest BCUT2D eigenvalue weighted by Gasteiger charge is -2.51. The zero-order valence-corrected chi connectivity index (χ0v) is 21.2. The summed E-state index contributed by atoms with van der Waals surface area (Å²) in [5.74, 6) is 5.80. The minimum Gasteiger partial charge on any atom is -0.390 e. The number of benzene rings is 1. The minimum absolute atomic E-state index is 0. The molecule has 1 aromatic rings. The molecule has 2 aliphatic rings. The summed E-state index contributed by atoms with van der Waals surface area (Å²) in [4.78, 5) is 30.6. The normalized spacial score (nSPS) is 21.5. The van der Waals surface area contributed by atoms with Gasteiger partial charge in [0.05, 0.1) is 12.6 Å². The molecule has 2 unspecified atom stereocenters. The van der Waals surface area contributed by atoms with Crippen molar-refractivity contribution in [3.8, 4) is 11.8 Å². The molecule has 6 nitrogen and oxygen atoms in total. The fraction of sp³-hybridized carbons (Fsp3) is 0.615. The summed E-state index contributed by atoms with van der Waals surface area (Å²) in [5.41, 5.74) is 1.68. The van der Waals surface area contributed by atoms with E-state index in [1.165, 1.54) is 11.1 Å². The maximum absolute atomic E-state index is 13.3. The van der Waals surface area contributed by atoms with Gasteiger partial charge in [0.1, 0.15) is 11.6 Å². The van der Waals surface area contributed by atoms with Gasteiger partial charge in [-0.05, 0) is 42.7 Å². The number of aliphatic hydroxyl groups excluding tert-OH is 1. The number of piperazine rings is 1. The van der Waals surface area contributed by atoms with Crippen LogP contribution in [0.1, 0.15) is 64.5 Å². The van der Waals surface area contributed by atoms with E-state index in [4.69, 9.17) is 0 Å². The predicted molar refractivity (Wildman–Crippen MR) is 133 cm³/mol. The molecule has 2 saturated heterocycles. The van der Waals surface area contributed by atoms with Gasteiger partial charge in [-0.15, -0.1) is 18.3 Å². The van der Waals surface area contributed by atoms with Crippen molar-refractivity contribution < 1.29 is 14.7 Å². The molecule has 182 valence electrons. The molecule has 0 aliphatic carbocycles. The van der Waals surface area contributed by atoms with Crippen LogP contribution in [0.5, 0.6) is 0 Å². The van der Waals surface area contributed by atoms with Gasteiger partial charge in [-0.25, -0.2) is 0 Å². The third-order valence-corrected chi connectivity index (χ3v) is 6.93. The van der Waals surface area contributed by atoms with Crippen LogP contribution < -0.4 is 5.32 Å². The van der Waals surface area contributed by atoms with Crippen LogP contribution in [0.3, 0.4) is 0 Å². The SMILES string of the molecule is CC#CCN1C(=O)C(C(O)C(C)C)NC(=O)C12CCN(Cc1ccc(C(C)C)cc1)CC2.Cl. The van der Waals surface area contributed by atoms with E-state index in [9.17, 15) is 14.7 Å². The number of hydrogen-bond donors (Lipinski definition) is 2. The van der Waals surface area contributed by atoms with Crippen molar-refractivity contribution in [2.75, 3.05) is 19.6 Å². The second kappa shape index (κ2) is 11.4. The quantitative estimate of drug-likeness (QED) is 0.620. The maximum atomic E-state index is 13.3. The molecule has 2 aliphatic heterocycles. The number of amides is 2. The van der Waals surface area contributed by atoms with Crippen molar-refractivity contribution in [1.29, 1.82) is 0 Å². The van der Waals surface area contributed by atoms with E-state index in [0.29, 0.717) is 18.8 Å². The lowest BCUT2D eigenvalue weighted by Crippen LogP contribution is -2.74. The van der Waals surface area contributed by atoms with Crippen LogP contribution in [0.15, 0.2) is 24.3 Å². The molecule has 2 atom stereocenters. The summed E-state index contributed by atoms with van der Waals surface area (Å²) in [5, 5.41) is 13.4. The molecular formula is C26H38ClN3O3. The van der Waals surface area contributed by atoms with Crippen molar-refractivity contribution in [3.63, 3.8) is 0 Å². The van der Waals surface area contributed by atoms with Gasteiger partial charge >= 0.3 is 0 Å². The molecule has 1 aromatic carbocycles. The second-order valence-electron chi connectivity index (χ2n) is 9.74. The molecule has 0 bridgehead atoms. The Morgan fingerprint density at radius 3 is 2.24 bits per heavy atom. The molecular weight excluding hydrogens is 438 g/mol. The Morgan fingerprint density at radius 1 is 1.12 bits per heavy atom. The van der Waals surface area contributed by atoms with Gasteiger partial charge in [0.15, 0.2) is 0 Å². The third-order valence-electron chi connectivity index (χ3n) is 6.93. The van der Waals surface area contributed by atoms with Crippen LogP contribution in [0.4, 0.5) is 0 Å². The van der Waals surface area contributed by atoms with E-state index in [0.717, 1.165) is 19.6 Å². The number of piperidine rings is 1. The summed E-state index contributed by atoms with van der Waals surface area (Å²) in [6, 6.07) is 7.81. The molecule has 0 radical (unpaired) electrons. The van der Waals surface area contributed by atoms with Gasteiger partial charge in [0.25, 0.3) is 0 Å². The molecule has 0 aromatic heterocycles. The van der Waals surface area contributed by atoms with Crippen LogP contribution in [0.25, 0.3) is 0 Å². The number of rotatable bonds is 6. The summed E-state index contributed by atoms with van der Waals surface area (Å²) in [6.07, 6.45) is 0.199. The van der Waals surface area contributed by atoms with E-state index in [1.807, 2.05) is 13.8 Å². The largest absolute Gasteiger partial charge is 0.390 e. The molecule has 2 heterocycles. The smallest absolute Gasteiger partial charge is 0.249 e. The van der Waals surface area contributed by atoms with Gasteiger partial charge in [0.2, 0.25) is 11.8 Å². The number of hydrogen-bond acceptors (Lipinski definition) is 4. The highest BCUT2D eigenvalue weighted by molar-refractivity contribution is 6.00. The fourth-order valence-electron chi connectivity index (χ4n) is 4.69. The first kappa shape index (κ1) is 27.2. The molecule has 2 N–H and O–H groups in total.